The lowest BCUT2D eigenvalue weighted by Crippen LogP contribution is -2.48. The summed E-state index contributed by atoms with van der Waals surface area (Å²) < 4.78 is 0. The smallest absolute Gasteiger partial charge is 0.227 e. The first-order valence-corrected chi connectivity index (χ1v) is 8.39. The van der Waals surface area contributed by atoms with E-state index >= 15 is 0 Å². The Kier molecular flexibility index (Phi) is 4.42. The van der Waals surface area contributed by atoms with Crippen LogP contribution in [0.4, 0.5) is 0 Å². The van der Waals surface area contributed by atoms with Crippen LogP contribution in [0.25, 0.3) is 0 Å². The van der Waals surface area contributed by atoms with Crippen molar-refractivity contribution >= 4 is 5.91 Å². The average Bonchev–Trinajstić information content (AvgIpc) is 2.98. The van der Waals surface area contributed by atoms with Crippen LogP contribution >= 0.6 is 0 Å². The van der Waals surface area contributed by atoms with Crippen molar-refractivity contribution in [1.29, 1.82) is 0 Å². The van der Waals surface area contributed by atoms with Crippen molar-refractivity contribution in [2.45, 2.75) is 63.8 Å². The predicted molar refractivity (Wildman–Crippen MR) is 77.0 cm³/mol. The van der Waals surface area contributed by atoms with E-state index in [9.17, 15) is 4.79 Å². The van der Waals surface area contributed by atoms with E-state index in [1.54, 1.807) is 0 Å². The molecule has 0 unspecified atom stereocenters. The maximum atomic E-state index is 12.8. The lowest BCUT2D eigenvalue weighted by atomic mass is 9.96. The molecule has 2 atom stereocenters. The molecular weight excluding hydrogens is 236 g/mol. The molecule has 0 aromatic rings. The van der Waals surface area contributed by atoms with Gasteiger partial charge in [-0.15, -0.1) is 0 Å². The van der Waals surface area contributed by atoms with Gasteiger partial charge in [-0.2, -0.15) is 0 Å². The molecular formula is C16H28N2O. The number of nitrogens with zero attached hydrogens (tertiary/aromatic N) is 2. The van der Waals surface area contributed by atoms with Gasteiger partial charge in [0, 0.05) is 19.1 Å². The fourth-order valence-electron chi connectivity index (χ4n) is 4.26. The lowest BCUT2D eigenvalue weighted by Gasteiger charge is -2.37. The number of carbonyl (C=O) groups excluding carboxylic acids is 1. The van der Waals surface area contributed by atoms with E-state index in [-0.39, 0.29) is 0 Å². The number of amides is 1. The lowest BCUT2D eigenvalue weighted by molar-refractivity contribution is -0.138. The van der Waals surface area contributed by atoms with Gasteiger partial charge in [-0.3, -0.25) is 9.69 Å². The number of likely N-dealkylation sites (tertiary alicyclic amines) is 2. The number of piperidine rings is 2. The van der Waals surface area contributed by atoms with Crippen LogP contribution in [-0.4, -0.2) is 47.9 Å². The molecule has 0 aromatic carbocycles. The first-order valence-electron chi connectivity index (χ1n) is 8.39. The van der Waals surface area contributed by atoms with E-state index in [2.05, 4.69) is 9.80 Å². The highest BCUT2D eigenvalue weighted by Gasteiger charge is 2.39. The Bertz CT molecular complexity index is 306. The zero-order valence-electron chi connectivity index (χ0n) is 12.1. The van der Waals surface area contributed by atoms with Crippen LogP contribution < -0.4 is 0 Å². The molecule has 108 valence electrons. The Balaban J connectivity index is 1.62. The quantitative estimate of drug-likeness (QED) is 0.765. The van der Waals surface area contributed by atoms with Crippen LogP contribution in [0.2, 0.25) is 0 Å². The Morgan fingerprint density at radius 3 is 2.05 bits per heavy atom. The van der Waals surface area contributed by atoms with Gasteiger partial charge in [0.05, 0.1) is 5.92 Å². The van der Waals surface area contributed by atoms with Crippen LogP contribution in [-0.2, 0) is 4.79 Å². The molecule has 0 bridgehead atoms. The minimum Gasteiger partial charge on any atom is -0.342 e. The van der Waals surface area contributed by atoms with Gasteiger partial charge >= 0.3 is 0 Å². The molecule has 2 aliphatic heterocycles. The van der Waals surface area contributed by atoms with Crippen molar-refractivity contribution in [3.8, 4) is 0 Å². The zero-order chi connectivity index (χ0) is 13.1. The van der Waals surface area contributed by atoms with Crippen molar-refractivity contribution in [3.63, 3.8) is 0 Å². The van der Waals surface area contributed by atoms with Crippen LogP contribution in [0.1, 0.15) is 57.8 Å². The largest absolute Gasteiger partial charge is 0.342 e. The second-order valence-corrected chi connectivity index (χ2v) is 6.59. The van der Waals surface area contributed by atoms with Crippen LogP contribution in [0.15, 0.2) is 0 Å². The Morgan fingerprint density at radius 1 is 0.737 bits per heavy atom. The molecule has 1 amide bonds. The van der Waals surface area contributed by atoms with E-state index in [4.69, 9.17) is 0 Å². The van der Waals surface area contributed by atoms with E-state index in [1.165, 1.54) is 64.5 Å². The minimum absolute atomic E-state index is 0.316. The maximum absolute atomic E-state index is 12.8. The molecule has 3 aliphatic rings. The van der Waals surface area contributed by atoms with Crippen molar-refractivity contribution in [2.24, 2.45) is 5.92 Å². The molecule has 1 aliphatic carbocycles. The van der Waals surface area contributed by atoms with Gasteiger partial charge in [0.25, 0.3) is 0 Å². The fraction of sp³-hybridized carbons (Fsp3) is 0.938. The Hall–Kier alpha value is -0.570. The molecule has 1 saturated carbocycles. The van der Waals surface area contributed by atoms with Gasteiger partial charge in [0.2, 0.25) is 5.91 Å². The fourth-order valence-corrected chi connectivity index (χ4v) is 4.26. The first kappa shape index (κ1) is 13.4. The molecule has 0 N–H and O–H groups in total. The highest BCUT2D eigenvalue weighted by atomic mass is 16.2. The molecule has 19 heavy (non-hydrogen) atoms. The Morgan fingerprint density at radius 2 is 1.37 bits per heavy atom. The summed E-state index contributed by atoms with van der Waals surface area (Å²) in [5, 5.41) is 0. The van der Waals surface area contributed by atoms with Gasteiger partial charge in [0.15, 0.2) is 0 Å². The molecule has 3 rings (SSSR count). The third-order valence-electron chi connectivity index (χ3n) is 5.32. The van der Waals surface area contributed by atoms with E-state index < -0.39 is 0 Å². The van der Waals surface area contributed by atoms with Crippen LogP contribution in [0.3, 0.4) is 0 Å². The first-order chi connectivity index (χ1) is 9.36. The topological polar surface area (TPSA) is 23.6 Å². The van der Waals surface area contributed by atoms with E-state index in [0.29, 0.717) is 17.9 Å². The molecule has 2 saturated heterocycles. The number of hydrogen-bond donors (Lipinski definition) is 0. The van der Waals surface area contributed by atoms with Crippen molar-refractivity contribution in [2.75, 3.05) is 26.2 Å². The molecule has 2 heterocycles. The van der Waals surface area contributed by atoms with Crippen molar-refractivity contribution in [1.82, 2.24) is 9.80 Å². The molecule has 3 nitrogen and oxygen atoms in total. The third kappa shape index (κ3) is 2.96. The summed E-state index contributed by atoms with van der Waals surface area (Å²) in [4.78, 5) is 17.5. The van der Waals surface area contributed by atoms with Gasteiger partial charge in [-0.25, -0.2) is 0 Å². The summed E-state index contributed by atoms with van der Waals surface area (Å²) >= 11 is 0. The summed E-state index contributed by atoms with van der Waals surface area (Å²) in [6.07, 6.45) is 11.4. The van der Waals surface area contributed by atoms with Crippen molar-refractivity contribution < 1.29 is 4.79 Å². The normalized spacial score (nSPS) is 33.6. The van der Waals surface area contributed by atoms with Gasteiger partial charge < -0.3 is 4.90 Å². The van der Waals surface area contributed by atoms with Crippen LogP contribution in [0.5, 0.6) is 0 Å². The third-order valence-corrected chi connectivity index (χ3v) is 5.32. The molecule has 0 aromatic heterocycles. The van der Waals surface area contributed by atoms with Crippen LogP contribution in [0, 0.1) is 5.92 Å². The number of hydrogen-bond acceptors (Lipinski definition) is 2. The van der Waals surface area contributed by atoms with E-state index in [1.807, 2.05) is 0 Å². The van der Waals surface area contributed by atoms with Gasteiger partial charge in [0.1, 0.15) is 0 Å². The molecule has 0 radical (unpaired) electrons. The van der Waals surface area contributed by atoms with Crippen molar-refractivity contribution in [3.05, 3.63) is 0 Å². The summed E-state index contributed by atoms with van der Waals surface area (Å²) in [6.45, 7) is 4.49. The predicted octanol–water partition coefficient (Wildman–Crippen LogP) is 2.65. The van der Waals surface area contributed by atoms with Gasteiger partial charge in [-0.1, -0.05) is 12.8 Å². The summed E-state index contributed by atoms with van der Waals surface area (Å²) in [5.41, 5.74) is 0. The van der Waals surface area contributed by atoms with E-state index in [0.717, 1.165) is 19.5 Å². The second kappa shape index (κ2) is 6.25. The van der Waals surface area contributed by atoms with Gasteiger partial charge in [-0.05, 0) is 58.0 Å². The molecule has 3 heteroatoms. The average molecular weight is 264 g/mol. The molecule has 0 spiro atoms. The highest BCUT2D eigenvalue weighted by molar-refractivity contribution is 5.80. The number of rotatable bonds is 2. The monoisotopic (exact) mass is 264 g/mol. The minimum atomic E-state index is 0.316. The maximum Gasteiger partial charge on any atom is 0.227 e. The Labute approximate surface area is 117 Å². The zero-order valence-corrected chi connectivity index (χ0v) is 12.1. The SMILES string of the molecule is O=C([C@H]1CCC[C@@H]1N1CCCCC1)N1CCCCC1. The summed E-state index contributed by atoms with van der Waals surface area (Å²) in [5.74, 6) is 0.795. The molecule has 3 fully saturated rings. The number of carbonyl (C=O) groups is 1. The summed E-state index contributed by atoms with van der Waals surface area (Å²) in [6, 6.07) is 0.565. The highest BCUT2D eigenvalue weighted by Crippen LogP contribution is 2.33. The standard InChI is InChI=1S/C16H28N2O/c19-16(18-12-5-2-6-13-18)14-8-7-9-15(14)17-10-3-1-4-11-17/h14-15H,1-13H2/t14-,15-/m0/s1. The summed E-state index contributed by atoms with van der Waals surface area (Å²) in [7, 11) is 0. The second-order valence-electron chi connectivity index (χ2n) is 6.59.